The van der Waals surface area contributed by atoms with Crippen LogP contribution >= 0.6 is 0 Å². The van der Waals surface area contributed by atoms with E-state index in [1.54, 1.807) is 24.3 Å². The molecular weight excluding hydrogens is 377 g/mol. The third-order valence-corrected chi connectivity index (χ3v) is 4.66. The second-order valence-corrected chi connectivity index (χ2v) is 6.55. The summed E-state index contributed by atoms with van der Waals surface area (Å²) in [6.45, 7) is 3.97. The van der Waals surface area contributed by atoms with Gasteiger partial charge in [-0.25, -0.2) is 4.39 Å². The van der Waals surface area contributed by atoms with Crippen LogP contribution in [0.5, 0.6) is 5.75 Å². The van der Waals surface area contributed by atoms with Gasteiger partial charge in [0, 0.05) is 31.7 Å². The molecule has 2 aromatic carbocycles. The van der Waals surface area contributed by atoms with Gasteiger partial charge in [-0.05, 0) is 36.4 Å². The number of nitrogens with zero attached hydrogens (tertiary/aromatic N) is 1. The second-order valence-electron chi connectivity index (χ2n) is 6.55. The Morgan fingerprint density at radius 1 is 1.10 bits per heavy atom. The van der Waals surface area contributed by atoms with Gasteiger partial charge >= 0.3 is 0 Å². The van der Waals surface area contributed by atoms with Crippen LogP contribution in [-0.4, -0.2) is 63.2 Å². The molecule has 8 heteroatoms. The van der Waals surface area contributed by atoms with E-state index in [4.69, 9.17) is 9.47 Å². The number of methoxy groups -OCH3 is 1. The summed E-state index contributed by atoms with van der Waals surface area (Å²) >= 11 is 0. The van der Waals surface area contributed by atoms with Crippen molar-refractivity contribution in [2.75, 3.05) is 51.8 Å². The Morgan fingerprint density at radius 2 is 1.83 bits per heavy atom. The lowest BCUT2D eigenvalue weighted by molar-refractivity contribution is 0.0383. The Labute approximate surface area is 168 Å². The van der Waals surface area contributed by atoms with E-state index in [1.807, 2.05) is 0 Å². The Hall–Kier alpha value is -2.97. The Kier molecular flexibility index (Phi) is 7.15. The molecule has 0 unspecified atom stereocenters. The number of benzene rings is 2. The van der Waals surface area contributed by atoms with Gasteiger partial charge in [0.05, 0.1) is 31.6 Å². The highest BCUT2D eigenvalue weighted by Gasteiger charge is 2.19. The molecule has 1 aliphatic heterocycles. The van der Waals surface area contributed by atoms with E-state index in [1.165, 1.54) is 25.3 Å². The van der Waals surface area contributed by atoms with Gasteiger partial charge in [-0.3, -0.25) is 14.5 Å². The van der Waals surface area contributed by atoms with Gasteiger partial charge in [0.15, 0.2) is 0 Å². The summed E-state index contributed by atoms with van der Waals surface area (Å²) in [4.78, 5) is 27.2. The minimum atomic E-state index is -0.693. The van der Waals surface area contributed by atoms with Crippen molar-refractivity contribution in [3.8, 4) is 5.75 Å². The number of amides is 2. The fraction of sp³-hybridized carbons (Fsp3) is 0.333. The van der Waals surface area contributed by atoms with Crippen LogP contribution in [-0.2, 0) is 4.74 Å². The van der Waals surface area contributed by atoms with Crippen LogP contribution < -0.4 is 15.4 Å². The number of morpholine rings is 1. The lowest BCUT2D eigenvalue weighted by atomic mass is 10.1. The predicted octanol–water partition coefficient (Wildman–Crippen LogP) is 2.15. The van der Waals surface area contributed by atoms with E-state index in [2.05, 4.69) is 15.5 Å². The molecule has 1 saturated heterocycles. The van der Waals surface area contributed by atoms with Crippen LogP contribution in [0.3, 0.4) is 0 Å². The van der Waals surface area contributed by atoms with Gasteiger partial charge in [0.1, 0.15) is 11.6 Å². The minimum absolute atomic E-state index is 0.120. The maximum absolute atomic E-state index is 14.4. The van der Waals surface area contributed by atoms with Crippen LogP contribution in [0, 0.1) is 5.82 Å². The highest BCUT2D eigenvalue weighted by atomic mass is 19.1. The SMILES string of the molecule is COc1ccc(C(=O)Nc2cccc(F)c2C(=O)NCCN2CCOCC2)cc1. The molecule has 1 heterocycles. The van der Waals surface area contributed by atoms with Gasteiger partial charge < -0.3 is 20.1 Å². The van der Waals surface area contributed by atoms with Gasteiger partial charge in [0.25, 0.3) is 11.8 Å². The van der Waals surface area contributed by atoms with E-state index < -0.39 is 17.6 Å². The van der Waals surface area contributed by atoms with E-state index in [-0.39, 0.29) is 11.3 Å². The molecule has 0 atom stereocenters. The molecule has 0 saturated carbocycles. The largest absolute Gasteiger partial charge is 0.497 e. The lowest BCUT2D eigenvalue weighted by Crippen LogP contribution is -2.41. The summed E-state index contributed by atoms with van der Waals surface area (Å²) in [5.74, 6) is -1.09. The zero-order chi connectivity index (χ0) is 20.6. The number of carbonyl (C=O) groups is 2. The maximum Gasteiger partial charge on any atom is 0.256 e. The molecule has 2 amide bonds. The number of halogens is 1. The first-order chi connectivity index (χ1) is 14.1. The summed E-state index contributed by atoms with van der Waals surface area (Å²) in [5.41, 5.74) is 0.305. The van der Waals surface area contributed by atoms with Crippen molar-refractivity contribution in [3.63, 3.8) is 0 Å². The van der Waals surface area contributed by atoms with E-state index >= 15 is 0 Å². The standard InChI is InChI=1S/C21H24FN3O4/c1-28-16-7-5-15(6-8-16)20(26)24-18-4-2-3-17(22)19(18)21(27)23-9-10-25-11-13-29-14-12-25/h2-8H,9-14H2,1H3,(H,23,27)(H,24,26). The topological polar surface area (TPSA) is 79.9 Å². The Bertz CT molecular complexity index is 852. The summed E-state index contributed by atoms with van der Waals surface area (Å²) in [7, 11) is 1.53. The smallest absolute Gasteiger partial charge is 0.256 e. The zero-order valence-corrected chi connectivity index (χ0v) is 16.2. The first kappa shape index (κ1) is 20.8. The van der Waals surface area contributed by atoms with Crippen LogP contribution in [0.15, 0.2) is 42.5 Å². The number of nitrogens with one attached hydrogen (secondary N) is 2. The lowest BCUT2D eigenvalue weighted by Gasteiger charge is -2.26. The fourth-order valence-corrected chi connectivity index (χ4v) is 3.04. The van der Waals surface area contributed by atoms with E-state index in [0.29, 0.717) is 37.6 Å². The first-order valence-corrected chi connectivity index (χ1v) is 9.40. The number of anilines is 1. The normalized spacial score (nSPS) is 14.3. The van der Waals surface area contributed by atoms with Gasteiger partial charge in [0.2, 0.25) is 0 Å². The molecule has 0 spiro atoms. The van der Waals surface area contributed by atoms with Crippen LogP contribution in [0.1, 0.15) is 20.7 Å². The van der Waals surface area contributed by atoms with Crippen molar-refractivity contribution in [2.45, 2.75) is 0 Å². The van der Waals surface area contributed by atoms with Gasteiger partial charge in [-0.1, -0.05) is 6.07 Å². The molecule has 7 nitrogen and oxygen atoms in total. The number of ether oxygens (including phenoxy) is 2. The van der Waals surface area contributed by atoms with Crippen LogP contribution in [0.4, 0.5) is 10.1 Å². The quantitative estimate of drug-likeness (QED) is 0.743. The zero-order valence-electron chi connectivity index (χ0n) is 16.2. The third kappa shape index (κ3) is 5.52. The number of hydrogen-bond donors (Lipinski definition) is 2. The maximum atomic E-state index is 14.4. The molecule has 0 radical (unpaired) electrons. The first-order valence-electron chi connectivity index (χ1n) is 9.40. The van der Waals surface area contributed by atoms with E-state index in [0.717, 1.165) is 13.1 Å². The molecule has 1 fully saturated rings. The fourth-order valence-electron chi connectivity index (χ4n) is 3.04. The van der Waals surface area contributed by atoms with Crippen LogP contribution in [0.25, 0.3) is 0 Å². The van der Waals surface area contributed by atoms with Gasteiger partial charge in [-0.15, -0.1) is 0 Å². The Morgan fingerprint density at radius 3 is 2.52 bits per heavy atom. The third-order valence-electron chi connectivity index (χ3n) is 4.66. The van der Waals surface area contributed by atoms with Crippen molar-refractivity contribution < 1.29 is 23.5 Å². The van der Waals surface area contributed by atoms with Crippen molar-refractivity contribution in [2.24, 2.45) is 0 Å². The van der Waals surface area contributed by atoms with Gasteiger partial charge in [-0.2, -0.15) is 0 Å². The monoisotopic (exact) mass is 401 g/mol. The van der Waals surface area contributed by atoms with Crippen molar-refractivity contribution in [1.29, 1.82) is 0 Å². The highest BCUT2D eigenvalue weighted by Crippen LogP contribution is 2.20. The molecule has 154 valence electrons. The second kappa shape index (κ2) is 9.99. The molecule has 0 bridgehead atoms. The highest BCUT2D eigenvalue weighted by molar-refractivity contribution is 6.09. The summed E-state index contributed by atoms with van der Waals surface area (Å²) < 4.78 is 24.7. The summed E-state index contributed by atoms with van der Waals surface area (Å²) in [6, 6.07) is 10.6. The summed E-state index contributed by atoms with van der Waals surface area (Å²) in [5, 5.41) is 5.34. The number of rotatable bonds is 7. The minimum Gasteiger partial charge on any atom is -0.497 e. The molecule has 2 N–H and O–H groups in total. The molecule has 0 aliphatic carbocycles. The molecule has 29 heavy (non-hydrogen) atoms. The number of carbonyl (C=O) groups excluding carboxylic acids is 2. The van der Waals surface area contributed by atoms with Crippen molar-refractivity contribution in [1.82, 2.24) is 10.2 Å². The molecule has 2 aromatic rings. The number of hydrogen-bond acceptors (Lipinski definition) is 5. The average molecular weight is 401 g/mol. The van der Waals surface area contributed by atoms with Crippen molar-refractivity contribution in [3.05, 3.63) is 59.4 Å². The average Bonchev–Trinajstić information content (AvgIpc) is 2.74. The molecular formula is C21H24FN3O4. The van der Waals surface area contributed by atoms with E-state index in [9.17, 15) is 14.0 Å². The molecule has 1 aliphatic rings. The Balaban J connectivity index is 1.65. The summed E-state index contributed by atoms with van der Waals surface area (Å²) in [6.07, 6.45) is 0. The molecule has 0 aromatic heterocycles. The van der Waals surface area contributed by atoms with Crippen molar-refractivity contribution >= 4 is 17.5 Å². The van der Waals surface area contributed by atoms with Crippen LogP contribution in [0.2, 0.25) is 0 Å². The molecule has 3 rings (SSSR count). The predicted molar refractivity (Wildman–Crippen MR) is 107 cm³/mol.